The molecule has 0 aromatic heterocycles. The minimum Gasteiger partial charge on any atom is -0.285 e. The van der Waals surface area contributed by atoms with E-state index < -0.39 is 0 Å². The summed E-state index contributed by atoms with van der Waals surface area (Å²) in [5, 5.41) is 13.1. The number of nitriles is 1. The van der Waals surface area contributed by atoms with E-state index in [2.05, 4.69) is 10.5 Å². The fourth-order valence-electron chi connectivity index (χ4n) is 1.49. The molecule has 0 aliphatic rings. The van der Waals surface area contributed by atoms with E-state index in [9.17, 15) is 0 Å². The molecule has 18 heavy (non-hydrogen) atoms. The monoisotopic (exact) mass is 244 g/mol. The lowest BCUT2D eigenvalue weighted by molar-refractivity contribution is -0.519. The zero-order chi connectivity index (χ0) is 13.4. The number of nitrogens with zero attached hydrogens (tertiary/aromatic N) is 3. The van der Waals surface area contributed by atoms with Crippen LogP contribution in [0.5, 0.6) is 0 Å². The van der Waals surface area contributed by atoms with E-state index in [0.717, 1.165) is 18.8 Å². The third-order valence-electron chi connectivity index (χ3n) is 2.52. The molecule has 0 spiro atoms. The number of hydrazone groups is 1. The van der Waals surface area contributed by atoms with Gasteiger partial charge in [0.1, 0.15) is 6.07 Å². The van der Waals surface area contributed by atoms with E-state index >= 15 is 0 Å². The Bertz CT molecular complexity index is 476. The molecular formula is C13H18N5+. The van der Waals surface area contributed by atoms with E-state index in [-0.39, 0.29) is 5.71 Å². The summed E-state index contributed by atoms with van der Waals surface area (Å²) >= 11 is 0. The van der Waals surface area contributed by atoms with Gasteiger partial charge < -0.3 is 0 Å². The normalized spacial score (nSPS) is 10.6. The second-order valence-corrected chi connectivity index (χ2v) is 3.61. The lowest BCUT2D eigenvalue weighted by Gasteiger charge is -2.04. The lowest BCUT2D eigenvalue weighted by Crippen LogP contribution is -2.35. The summed E-state index contributed by atoms with van der Waals surface area (Å²) in [6.07, 6.45) is 0. The zero-order valence-corrected chi connectivity index (χ0v) is 10.7. The Morgan fingerprint density at radius 2 is 1.94 bits per heavy atom. The van der Waals surface area contributed by atoms with Crippen LogP contribution in [0.1, 0.15) is 13.8 Å². The van der Waals surface area contributed by atoms with Crippen LogP contribution < -0.4 is 11.2 Å². The molecule has 0 saturated heterocycles. The van der Waals surface area contributed by atoms with Crippen molar-refractivity contribution in [2.24, 2.45) is 10.8 Å². The van der Waals surface area contributed by atoms with Crippen LogP contribution in [0.2, 0.25) is 0 Å². The summed E-state index contributed by atoms with van der Waals surface area (Å²) in [4.78, 5) is 0. The fraction of sp³-hybridized carbons (Fsp3) is 0.308. The van der Waals surface area contributed by atoms with Crippen molar-refractivity contribution in [2.75, 3.05) is 18.5 Å². The van der Waals surface area contributed by atoms with E-state index in [0.29, 0.717) is 5.84 Å². The SMILES string of the molecule is CC[N+](CC)=C(N)/C(C#N)=N/Nc1ccccc1. The maximum absolute atomic E-state index is 9.07. The van der Waals surface area contributed by atoms with Crippen LogP contribution in [0, 0.1) is 11.3 Å². The van der Waals surface area contributed by atoms with Gasteiger partial charge in [0, 0.05) is 0 Å². The molecule has 5 heteroatoms. The summed E-state index contributed by atoms with van der Waals surface area (Å²) in [6.45, 7) is 5.45. The van der Waals surface area contributed by atoms with Crippen molar-refractivity contribution < 1.29 is 4.58 Å². The summed E-state index contributed by atoms with van der Waals surface area (Å²) in [5.41, 5.74) is 9.74. The summed E-state index contributed by atoms with van der Waals surface area (Å²) in [5.74, 6) is 0.394. The molecule has 0 heterocycles. The second kappa shape index (κ2) is 7.07. The third kappa shape index (κ3) is 3.59. The molecule has 0 aliphatic carbocycles. The van der Waals surface area contributed by atoms with Crippen LogP contribution in [0.3, 0.4) is 0 Å². The van der Waals surface area contributed by atoms with E-state index in [1.54, 1.807) is 0 Å². The van der Waals surface area contributed by atoms with Crippen LogP contribution in [-0.4, -0.2) is 29.2 Å². The minimum atomic E-state index is 0.197. The van der Waals surface area contributed by atoms with Crippen molar-refractivity contribution in [3.8, 4) is 6.07 Å². The van der Waals surface area contributed by atoms with Gasteiger partial charge in [0.05, 0.1) is 18.8 Å². The highest BCUT2D eigenvalue weighted by atomic mass is 15.3. The highest BCUT2D eigenvalue weighted by molar-refractivity contribution is 6.45. The van der Waals surface area contributed by atoms with Gasteiger partial charge in [-0.25, -0.2) is 0 Å². The molecular weight excluding hydrogens is 226 g/mol. The number of benzene rings is 1. The highest BCUT2D eigenvalue weighted by Crippen LogP contribution is 2.04. The number of hydrogen-bond acceptors (Lipinski definition) is 3. The highest BCUT2D eigenvalue weighted by Gasteiger charge is 2.13. The lowest BCUT2D eigenvalue weighted by atomic mass is 10.3. The largest absolute Gasteiger partial charge is 0.306 e. The molecule has 0 atom stereocenters. The standard InChI is InChI=1S/C13H17N5/c1-3-18(4-2)13(15)12(10-14)17-16-11-8-6-5-7-9-11/h5-9H,3-4H2,1-2H3,(H2,15,16)/p+1. The average Bonchev–Trinajstić information content (AvgIpc) is 2.42. The van der Waals surface area contributed by atoms with Crippen molar-refractivity contribution in [1.82, 2.24) is 0 Å². The first-order chi connectivity index (χ1) is 8.72. The van der Waals surface area contributed by atoms with Crippen molar-refractivity contribution in [1.29, 1.82) is 5.26 Å². The Labute approximate surface area is 107 Å². The van der Waals surface area contributed by atoms with Crippen LogP contribution >= 0.6 is 0 Å². The Kier molecular flexibility index (Phi) is 5.39. The number of amidine groups is 1. The van der Waals surface area contributed by atoms with Crippen LogP contribution in [0.25, 0.3) is 0 Å². The molecule has 1 aromatic carbocycles. The fourth-order valence-corrected chi connectivity index (χ4v) is 1.49. The van der Waals surface area contributed by atoms with Gasteiger partial charge in [0.2, 0.25) is 5.71 Å². The van der Waals surface area contributed by atoms with Gasteiger partial charge in [-0.1, -0.05) is 18.2 Å². The maximum Gasteiger partial charge on any atom is 0.306 e. The van der Waals surface area contributed by atoms with Crippen molar-refractivity contribution in [3.05, 3.63) is 30.3 Å². The number of para-hydroxylation sites is 1. The van der Waals surface area contributed by atoms with Crippen LogP contribution in [0.15, 0.2) is 35.4 Å². The van der Waals surface area contributed by atoms with Crippen molar-refractivity contribution in [2.45, 2.75) is 13.8 Å². The third-order valence-corrected chi connectivity index (χ3v) is 2.52. The summed E-state index contributed by atoms with van der Waals surface area (Å²) < 4.78 is 1.88. The van der Waals surface area contributed by atoms with Gasteiger partial charge in [-0.2, -0.15) is 10.4 Å². The summed E-state index contributed by atoms with van der Waals surface area (Å²) in [6, 6.07) is 11.4. The molecule has 3 N–H and O–H groups in total. The molecule has 0 fully saturated rings. The van der Waals surface area contributed by atoms with Gasteiger partial charge in [0.15, 0.2) is 0 Å². The molecule has 0 radical (unpaired) electrons. The minimum absolute atomic E-state index is 0.197. The second-order valence-electron chi connectivity index (χ2n) is 3.61. The Morgan fingerprint density at radius 3 is 2.44 bits per heavy atom. The van der Waals surface area contributed by atoms with Crippen LogP contribution in [-0.2, 0) is 0 Å². The van der Waals surface area contributed by atoms with Crippen molar-refractivity contribution in [3.63, 3.8) is 0 Å². The smallest absolute Gasteiger partial charge is 0.285 e. The number of rotatable bonds is 5. The number of hydrogen-bond donors (Lipinski definition) is 2. The number of anilines is 1. The molecule has 94 valence electrons. The quantitative estimate of drug-likeness (QED) is 0.355. The van der Waals surface area contributed by atoms with E-state index in [1.807, 2.05) is 54.8 Å². The zero-order valence-electron chi connectivity index (χ0n) is 10.7. The molecule has 5 nitrogen and oxygen atoms in total. The topological polar surface area (TPSA) is 77.2 Å². The number of nitrogens with two attached hydrogens (primary N) is 1. The van der Waals surface area contributed by atoms with Gasteiger partial charge >= 0.3 is 5.84 Å². The van der Waals surface area contributed by atoms with E-state index in [4.69, 9.17) is 11.0 Å². The first-order valence-electron chi connectivity index (χ1n) is 5.89. The van der Waals surface area contributed by atoms with Gasteiger partial charge in [-0.3, -0.25) is 15.7 Å². The Balaban J connectivity index is 2.91. The average molecular weight is 244 g/mol. The Morgan fingerprint density at radius 1 is 1.33 bits per heavy atom. The molecule has 0 unspecified atom stereocenters. The number of nitrogens with one attached hydrogen (secondary N) is 1. The molecule has 0 saturated carbocycles. The van der Waals surface area contributed by atoms with Crippen LogP contribution in [0.4, 0.5) is 5.69 Å². The first kappa shape index (κ1) is 13.7. The molecule has 0 amide bonds. The van der Waals surface area contributed by atoms with E-state index in [1.165, 1.54) is 0 Å². The molecule has 1 rings (SSSR count). The predicted octanol–water partition coefficient (Wildman–Crippen LogP) is 1.39. The van der Waals surface area contributed by atoms with Gasteiger partial charge in [-0.15, -0.1) is 0 Å². The maximum atomic E-state index is 9.07. The molecule has 0 aliphatic heterocycles. The first-order valence-corrected chi connectivity index (χ1v) is 5.89. The molecule has 0 bridgehead atoms. The predicted molar refractivity (Wildman–Crippen MR) is 73.6 cm³/mol. The van der Waals surface area contributed by atoms with Gasteiger partial charge in [0.25, 0.3) is 0 Å². The van der Waals surface area contributed by atoms with Crippen molar-refractivity contribution >= 4 is 17.2 Å². The Hall–Kier alpha value is -2.35. The van der Waals surface area contributed by atoms with Gasteiger partial charge in [-0.05, 0) is 26.0 Å². The molecule has 1 aromatic rings. The summed E-state index contributed by atoms with van der Waals surface area (Å²) in [7, 11) is 0.